The second kappa shape index (κ2) is 4.84. The Bertz CT molecular complexity index is 608. The highest BCUT2D eigenvalue weighted by Crippen LogP contribution is 2.36. The van der Waals surface area contributed by atoms with Crippen molar-refractivity contribution in [2.24, 2.45) is 0 Å². The first kappa shape index (κ1) is 11.9. The van der Waals surface area contributed by atoms with E-state index in [-0.39, 0.29) is 0 Å². The fraction of sp³-hybridized carbons (Fsp3) is 0.250. The molecule has 1 aliphatic heterocycles. The van der Waals surface area contributed by atoms with Crippen LogP contribution in [0.1, 0.15) is 5.56 Å². The van der Waals surface area contributed by atoms with Crippen LogP contribution in [0.25, 0.3) is 11.1 Å². The molecule has 3 nitrogen and oxygen atoms in total. The summed E-state index contributed by atoms with van der Waals surface area (Å²) in [6, 6.07) is 12.4. The standard InChI is InChI=1S/C16H17NO2/c1-18-13-4-6-16(19-2)14(10-13)11-3-5-15-12(9-11)7-8-17-15/h3-6,9-10,17H,7-8H2,1-2H3. The van der Waals surface area contributed by atoms with E-state index in [1.54, 1.807) is 14.2 Å². The Morgan fingerprint density at radius 1 is 1.00 bits per heavy atom. The third-order valence-corrected chi connectivity index (χ3v) is 3.53. The molecule has 1 aliphatic rings. The van der Waals surface area contributed by atoms with Gasteiger partial charge in [-0.25, -0.2) is 0 Å². The van der Waals surface area contributed by atoms with Gasteiger partial charge in [0.2, 0.25) is 0 Å². The van der Waals surface area contributed by atoms with Gasteiger partial charge in [0, 0.05) is 17.8 Å². The molecule has 0 saturated heterocycles. The number of hydrogen-bond donors (Lipinski definition) is 1. The van der Waals surface area contributed by atoms with Crippen molar-refractivity contribution in [3.05, 3.63) is 42.0 Å². The summed E-state index contributed by atoms with van der Waals surface area (Å²) >= 11 is 0. The second-order valence-corrected chi connectivity index (χ2v) is 4.61. The van der Waals surface area contributed by atoms with Crippen molar-refractivity contribution in [2.75, 3.05) is 26.1 Å². The number of rotatable bonds is 3. The molecule has 0 aliphatic carbocycles. The molecular formula is C16H17NO2. The summed E-state index contributed by atoms with van der Waals surface area (Å²) in [5, 5.41) is 3.37. The van der Waals surface area contributed by atoms with E-state index >= 15 is 0 Å². The van der Waals surface area contributed by atoms with Crippen molar-refractivity contribution < 1.29 is 9.47 Å². The number of benzene rings is 2. The Labute approximate surface area is 113 Å². The molecule has 0 bridgehead atoms. The zero-order valence-corrected chi connectivity index (χ0v) is 11.2. The van der Waals surface area contributed by atoms with Crippen molar-refractivity contribution in [3.63, 3.8) is 0 Å². The number of hydrogen-bond acceptors (Lipinski definition) is 3. The molecule has 0 saturated carbocycles. The molecule has 3 rings (SSSR count). The van der Waals surface area contributed by atoms with E-state index in [1.807, 2.05) is 18.2 Å². The number of fused-ring (bicyclic) bond motifs is 1. The number of anilines is 1. The van der Waals surface area contributed by atoms with Crippen LogP contribution >= 0.6 is 0 Å². The Morgan fingerprint density at radius 3 is 2.68 bits per heavy atom. The summed E-state index contributed by atoms with van der Waals surface area (Å²) in [6.07, 6.45) is 1.08. The van der Waals surface area contributed by atoms with Crippen molar-refractivity contribution in [3.8, 4) is 22.6 Å². The molecule has 3 heteroatoms. The maximum atomic E-state index is 5.45. The highest BCUT2D eigenvalue weighted by molar-refractivity contribution is 5.75. The predicted octanol–water partition coefficient (Wildman–Crippen LogP) is 3.34. The van der Waals surface area contributed by atoms with Crippen molar-refractivity contribution in [1.82, 2.24) is 0 Å². The third kappa shape index (κ3) is 2.12. The molecule has 0 aromatic heterocycles. The first-order valence-corrected chi connectivity index (χ1v) is 6.41. The van der Waals surface area contributed by atoms with E-state index in [1.165, 1.54) is 16.8 Å². The Kier molecular flexibility index (Phi) is 3.03. The van der Waals surface area contributed by atoms with Gasteiger partial charge in [-0.15, -0.1) is 0 Å². The van der Waals surface area contributed by atoms with Crippen LogP contribution in [0.5, 0.6) is 11.5 Å². The molecule has 1 N–H and O–H groups in total. The molecule has 0 spiro atoms. The van der Waals surface area contributed by atoms with Crippen molar-refractivity contribution >= 4 is 5.69 Å². The Balaban J connectivity index is 2.10. The summed E-state index contributed by atoms with van der Waals surface area (Å²) in [5.74, 6) is 1.71. The Morgan fingerprint density at radius 2 is 1.89 bits per heavy atom. The quantitative estimate of drug-likeness (QED) is 0.912. The molecule has 98 valence electrons. The molecule has 0 unspecified atom stereocenters. The highest BCUT2D eigenvalue weighted by Gasteiger charge is 2.13. The van der Waals surface area contributed by atoms with E-state index in [0.717, 1.165) is 30.0 Å². The summed E-state index contributed by atoms with van der Waals surface area (Å²) in [6.45, 7) is 1.02. The highest BCUT2D eigenvalue weighted by atomic mass is 16.5. The molecule has 0 amide bonds. The van der Waals surface area contributed by atoms with Gasteiger partial charge >= 0.3 is 0 Å². The van der Waals surface area contributed by atoms with Crippen LogP contribution in [0, 0.1) is 0 Å². The van der Waals surface area contributed by atoms with Gasteiger partial charge in [-0.3, -0.25) is 0 Å². The first-order valence-electron chi connectivity index (χ1n) is 6.41. The zero-order chi connectivity index (χ0) is 13.2. The van der Waals surface area contributed by atoms with E-state index in [9.17, 15) is 0 Å². The minimum Gasteiger partial charge on any atom is -0.497 e. The zero-order valence-electron chi connectivity index (χ0n) is 11.2. The van der Waals surface area contributed by atoms with Gasteiger partial charge < -0.3 is 14.8 Å². The Hall–Kier alpha value is -2.16. The van der Waals surface area contributed by atoms with Crippen molar-refractivity contribution in [1.29, 1.82) is 0 Å². The maximum Gasteiger partial charge on any atom is 0.126 e. The minimum absolute atomic E-state index is 0.842. The molecule has 2 aromatic carbocycles. The van der Waals surface area contributed by atoms with Crippen LogP contribution in [0.3, 0.4) is 0 Å². The summed E-state index contributed by atoms with van der Waals surface area (Å²) in [7, 11) is 3.37. The lowest BCUT2D eigenvalue weighted by molar-refractivity contribution is 0.404. The molecule has 2 aromatic rings. The van der Waals surface area contributed by atoms with Gasteiger partial charge in [0.15, 0.2) is 0 Å². The topological polar surface area (TPSA) is 30.5 Å². The SMILES string of the molecule is COc1ccc(OC)c(-c2ccc3c(c2)CCN3)c1. The monoisotopic (exact) mass is 255 g/mol. The fourth-order valence-corrected chi connectivity index (χ4v) is 2.51. The molecule has 19 heavy (non-hydrogen) atoms. The van der Waals surface area contributed by atoms with Crippen LogP contribution in [0.2, 0.25) is 0 Å². The number of methoxy groups -OCH3 is 2. The average Bonchev–Trinajstić information content (AvgIpc) is 2.93. The molecule has 0 fully saturated rings. The van der Waals surface area contributed by atoms with Crippen LogP contribution in [-0.2, 0) is 6.42 Å². The van der Waals surface area contributed by atoms with Gasteiger partial charge in [0.25, 0.3) is 0 Å². The summed E-state index contributed by atoms with van der Waals surface area (Å²) < 4.78 is 10.7. The lowest BCUT2D eigenvalue weighted by Crippen LogP contribution is -1.91. The van der Waals surface area contributed by atoms with Crippen LogP contribution in [-0.4, -0.2) is 20.8 Å². The van der Waals surface area contributed by atoms with Gasteiger partial charge in [-0.05, 0) is 47.9 Å². The first-order chi connectivity index (χ1) is 9.31. The number of nitrogens with one attached hydrogen (secondary N) is 1. The maximum absolute atomic E-state index is 5.45. The second-order valence-electron chi connectivity index (χ2n) is 4.61. The van der Waals surface area contributed by atoms with E-state index in [0.29, 0.717) is 0 Å². The largest absolute Gasteiger partial charge is 0.497 e. The lowest BCUT2D eigenvalue weighted by atomic mass is 10.0. The minimum atomic E-state index is 0.842. The van der Waals surface area contributed by atoms with Gasteiger partial charge in [-0.2, -0.15) is 0 Å². The van der Waals surface area contributed by atoms with Crippen molar-refractivity contribution in [2.45, 2.75) is 6.42 Å². The molecular weight excluding hydrogens is 238 g/mol. The smallest absolute Gasteiger partial charge is 0.126 e. The predicted molar refractivity (Wildman–Crippen MR) is 77.2 cm³/mol. The van der Waals surface area contributed by atoms with Gasteiger partial charge in [0.05, 0.1) is 14.2 Å². The fourth-order valence-electron chi connectivity index (χ4n) is 2.51. The molecule has 1 heterocycles. The van der Waals surface area contributed by atoms with Crippen LogP contribution in [0.15, 0.2) is 36.4 Å². The third-order valence-electron chi connectivity index (χ3n) is 3.53. The van der Waals surface area contributed by atoms with Crippen LogP contribution < -0.4 is 14.8 Å². The molecule has 0 atom stereocenters. The number of ether oxygens (including phenoxy) is 2. The summed E-state index contributed by atoms with van der Waals surface area (Å²) in [4.78, 5) is 0. The van der Waals surface area contributed by atoms with Crippen LogP contribution in [0.4, 0.5) is 5.69 Å². The normalized spacial score (nSPS) is 12.7. The van der Waals surface area contributed by atoms with Gasteiger partial charge in [-0.1, -0.05) is 6.07 Å². The van der Waals surface area contributed by atoms with Gasteiger partial charge in [0.1, 0.15) is 11.5 Å². The van der Waals surface area contributed by atoms with E-state index in [2.05, 4.69) is 23.5 Å². The average molecular weight is 255 g/mol. The van der Waals surface area contributed by atoms with E-state index in [4.69, 9.17) is 9.47 Å². The molecule has 0 radical (unpaired) electrons. The summed E-state index contributed by atoms with van der Waals surface area (Å²) in [5.41, 5.74) is 4.84. The van der Waals surface area contributed by atoms with E-state index < -0.39 is 0 Å². The lowest BCUT2D eigenvalue weighted by Gasteiger charge is -2.11.